The van der Waals surface area contributed by atoms with Crippen molar-refractivity contribution in [2.75, 3.05) is 37.7 Å². The van der Waals surface area contributed by atoms with Crippen molar-refractivity contribution in [1.82, 2.24) is 10.1 Å². The van der Waals surface area contributed by atoms with E-state index in [0.717, 1.165) is 11.6 Å². The number of anilines is 1. The van der Waals surface area contributed by atoms with Crippen LogP contribution in [0.3, 0.4) is 0 Å². The van der Waals surface area contributed by atoms with E-state index >= 15 is 0 Å². The average molecular weight is 462 g/mol. The van der Waals surface area contributed by atoms with Gasteiger partial charge in [0.1, 0.15) is 5.76 Å². The molecule has 176 valence electrons. The van der Waals surface area contributed by atoms with Gasteiger partial charge in [-0.25, -0.2) is 0 Å². The summed E-state index contributed by atoms with van der Waals surface area (Å²) in [6.07, 6.45) is -3.90. The highest BCUT2D eigenvalue weighted by molar-refractivity contribution is 5.79. The van der Waals surface area contributed by atoms with Gasteiger partial charge in [-0.05, 0) is 38.5 Å². The lowest BCUT2D eigenvalue weighted by molar-refractivity contribution is -0.137. The minimum absolute atomic E-state index is 0.0629. The van der Waals surface area contributed by atoms with Crippen LogP contribution < -0.4 is 4.90 Å². The van der Waals surface area contributed by atoms with Crippen LogP contribution in [0.1, 0.15) is 34.6 Å². The third-order valence-electron chi connectivity index (χ3n) is 7.10. The van der Waals surface area contributed by atoms with E-state index in [1.165, 1.54) is 12.1 Å². The van der Waals surface area contributed by atoms with E-state index in [4.69, 9.17) is 9.78 Å². The van der Waals surface area contributed by atoms with E-state index < -0.39 is 22.7 Å². The van der Waals surface area contributed by atoms with Gasteiger partial charge in [-0.1, -0.05) is 5.16 Å². The van der Waals surface area contributed by atoms with Gasteiger partial charge in [0.15, 0.2) is 0 Å². The molecule has 4 rings (SSSR count). The number of nitrogens with zero attached hydrogens (tertiary/aromatic N) is 4. The Bertz CT molecular complexity index is 1090. The number of aryl methyl sites for hydroxylation is 2. The monoisotopic (exact) mass is 462 g/mol. The third-order valence-corrected chi connectivity index (χ3v) is 7.10. The number of amides is 1. The first kappa shape index (κ1) is 23.1. The lowest BCUT2D eigenvalue weighted by Crippen LogP contribution is -2.51. The number of carbonyl (C=O) groups is 1. The first-order valence-electron chi connectivity index (χ1n) is 10.7. The summed E-state index contributed by atoms with van der Waals surface area (Å²) < 4.78 is 45.4. The van der Waals surface area contributed by atoms with Gasteiger partial charge in [0.05, 0.1) is 35.9 Å². The number of piperidine rings is 1. The molecule has 0 bridgehead atoms. The summed E-state index contributed by atoms with van der Waals surface area (Å²) in [4.78, 5) is 16.5. The molecule has 0 spiro atoms. The van der Waals surface area contributed by atoms with Crippen molar-refractivity contribution in [3.8, 4) is 6.07 Å². The Morgan fingerprint density at radius 2 is 2.12 bits per heavy atom. The number of carbonyl (C=O) groups excluding carboxylic acids is 1. The van der Waals surface area contributed by atoms with Gasteiger partial charge >= 0.3 is 6.18 Å². The average Bonchev–Trinajstić information content (AvgIpc) is 3.33. The van der Waals surface area contributed by atoms with Crippen LogP contribution in [-0.4, -0.2) is 53.9 Å². The molecule has 1 amide bonds. The van der Waals surface area contributed by atoms with Gasteiger partial charge < -0.3 is 19.4 Å². The van der Waals surface area contributed by atoms with E-state index in [2.05, 4.69) is 5.16 Å². The van der Waals surface area contributed by atoms with Crippen molar-refractivity contribution in [3.05, 3.63) is 46.3 Å². The van der Waals surface area contributed by atoms with E-state index in [0.29, 0.717) is 49.7 Å². The molecule has 2 atom stereocenters. The molecular formula is C23H25F3N4O3. The summed E-state index contributed by atoms with van der Waals surface area (Å²) in [6, 6.07) is 5.30. The highest BCUT2D eigenvalue weighted by Gasteiger charge is 2.50. The predicted molar refractivity (Wildman–Crippen MR) is 112 cm³/mol. The van der Waals surface area contributed by atoms with Gasteiger partial charge in [0.2, 0.25) is 5.91 Å². The molecule has 1 N–H and O–H groups in total. The SMILES string of the molecule is Cc1noc(C)c1CC(=O)N1CC[C@@]2(CO)CN(c3ccc(C#N)c(C(F)(F)F)c3)C[C@H]2C1. The molecule has 33 heavy (non-hydrogen) atoms. The molecular weight excluding hydrogens is 437 g/mol. The molecule has 0 aliphatic carbocycles. The van der Waals surface area contributed by atoms with Crippen molar-refractivity contribution in [2.45, 2.75) is 32.9 Å². The molecule has 0 unspecified atom stereocenters. The number of fused-ring (bicyclic) bond motifs is 1. The Kier molecular flexibility index (Phi) is 5.86. The first-order chi connectivity index (χ1) is 15.6. The zero-order chi connectivity index (χ0) is 24.0. The Balaban J connectivity index is 1.53. The highest BCUT2D eigenvalue weighted by Crippen LogP contribution is 2.45. The molecule has 3 heterocycles. The third kappa shape index (κ3) is 4.17. The number of aliphatic hydroxyl groups excluding tert-OH is 1. The van der Waals surface area contributed by atoms with Crippen molar-refractivity contribution in [1.29, 1.82) is 5.26 Å². The number of benzene rings is 1. The summed E-state index contributed by atoms with van der Waals surface area (Å²) in [5, 5.41) is 23.1. The zero-order valence-corrected chi connectivity index (χ0v) is 18.4. The van der Waals surface area contributed by atoms with Gasteiger partial charge in [0.25, 0.3) is 0 Å². The lowest BCUT2D eigenvalue weighted by atomic mass is 9.73. The summed E-state index contributed by atoms with van der Waals surface area (Å²) in [5.41, 5.74) is -0.0774. The van der Waals surface area contributed by atoms with E-state index in [1.807, 2.05) is 4.90 Å². The second kappa shape index (κ2) is 8.37. The second-order valence-corrected chi connectivity index (χ2v) is 9.01. The van der Waals surface area contributed by atoms with E-state index in [-0.39, 0.29) is 24.9 Å². The minimum Gasteiger partial charge on any atom is -0.396 e. The maximum absolute atomic E-state index is 13.4. The van der Waals surface area contributed by atoms with Crippen LogP contribution in [0.4, 0.5) is 18.9 Å². The number of nitriles is 1. The Labute approximate surface area is 189 Å². The minimum atomic E-state index is -4.64. The van der Waals surface area contributed by atoms with Crippen LogP contribution in [0, 0.1) is 36.5 Å². The molecule has 2 saturated heterocycles. The smallest absolute Gasteiger partial charge is 0.396 e. The molecule has 1 aromatic heterocycles. The molecule has 2 aromatic rings. The highest BCUT2D eigenvalue weighted by atomic mass is 19.4. The second-order valence-electron chi connectivity index (χ2n) is 9.01. The van der Waals surface area contributed by atoms with Crippen LogP contribution in [0.15, 0.2) is 22.7 Å². The summed E-state index contributed by atoms with van der Waals surface area (Å²) in [6.45, 7) is 5.13. The summed E-state index contributed by atoms with van der Waals surface area (Å²) >= 11 is 0. The van der Waals surface area contributed by atoms with Crippen LogP contribution in [0.2, 0.25) is 0 Å². The van der Waals surface area contributed by atoms with Crippen LogP contribution in [-0.2, 0) is 17.4 Å². The van der Waals surface area contributed by atoms with Crippen molar-refractivity contribution < 1.29 is 27.6 Å². The Hall–Kier alpha value is -3.06. The van der Waals surface area contributed by atoms with E-state index in [1.54, 1.807) is 24.8 Å². The van der Waals surface area contributed by atoms with Crippen molar-refractivity contribution in [3.63, 3.8) is 0 Å². The standard InChI is InChI=1S/C23H25F3N4O3/c1-14-19(15(2)33-28-14)8-21(32)29-6-5-22(13-31)12-30(11-17(22)10-29)18-4-3-16(9-27)20(7-18)23(24,25)26/h3-4,7,17,31H,5-6,8,10-13H2,1-2H3/t17-,22+/m1/s1. The summed E-state index contributed by atoms with van der Waals surface area (Å²) in [5.74, 6) is 0.456. The number of alkyl halides is 3. The molecule has 0 radical (unpaired) electrons. The number of likely N-dealkylation sites (tertiary alicyclic amines) is 1. The van der Waals surface area contributed by atoms with Gasteiger partial charge in [-0.2, -0.15) is 18.4 Å². The Morgan fingerprint density at radius 1 is 1.36 bits per heavy atom. The Morgan fingerprint density at radius 3 is 2.73 bits per heavy atom. The zero-order valence-electron chi connectivity index (χ0n) is 18.4. The van der Waals surface area contributed by atoms with Crippen LogP contribution >= 0.6 is 0 Å². The van der Waals surface area contributed by atoms with Gasteiger partial charge in [0, 0.05) is 48.8 Å². The molecule has 0 saturated carbocycles. The number of hydrogen-bond donors (Lipinski definition) is 1. The normalized spacial score (nSPS) is 22.9. The van der Waals surface area contributed by atoms with Crippen LogP contribution in [0.5, 0.6) is 0 Å². The lowest BCUT2D eigenvalue weighted by Gasteiger charge is -2.42. The van der Waals surface area contributed by atoms with Crippen molar-refractivity contribution in [2.24, 2.45) is 11.3 Å². The number of rotatable bonds is 4. The molecule has 2 aliphatic rings. The largest absolute Gasteiger partial charge is 0.417 e. The maximum atomic E-state index is 13.4. The number of aliphatic hydroxyl groups is 1. The number of hydrogen-bond acceptors (Lipinski definition) is 6. The fourth-order valence-electron chi connectivity index (χ4n) is 5.04. The van der Waals surface area contributed by atoms with Crippen LogP contribution in [0.25, 0.3) is 0 Å². The van der Waals surface area contributed by atoms with E-state index in [9.17, 15) is 23.1 Å². The fraction of sp³-hybridized carbons (Fsp3) is 0.522. The molecule has 2 aliphatic heterocycles. The molecule has 10 heteroatoms. The van der Waals surface area contributed by atoms with Gasteiger partial charge in [-0.3, -0.25) is 4.79 Å². The first-order valence-corrected chi connectivity index (χ1v) is 10.7. The maximum Gasteiger partial charge on any atom is 0.417 e. The fourth-order valence-corrected chi connectivity index (χ4v) is 5.04. The number of halogens is 3. The quantitative estimate of drug-likeness (QED) is 0.751. The molecule has 2 fully saturated rings. The molecule has 1 aromatic carbocycles. The number of aromatic nitrogens is 1. The predicted octanol–water partition coefficient (Wildman–Crippen LogP) is 3.07. The van der Waals surface area contributed by atoms with Crippen molar-refractivity contribution >= 4 is 11.6 Å². The summed E-state index contributed by atoms with van der Waals surface area (Å²) in [7, 11) is 0. The van der Waals surface area contributed by atoms with Gasteiger partial charge in [-0.15, -0.1) is 0 Å². The molecule has 7 nitrogen and oxygen atoms in total. The topological polar surface area (TPSA) is 93.6 Å².